The third-order valence-electron chi connectivity index (χ3n) is 4.11. The number of hydrogen-bond donors (Lipinski definition) is 1. The molecule has 0 rings (SSSR count). The fourth-order valence-electron chi connectivity index (χ4n) is 2.69. The Kier molecular flexibility index (Phi) is 12.5. The van der Waals surface area contributed by atoms with E-state index in [0.717, 1.165) is 51.1 Å². The minimum absolute atomic E-state index is 0.446. The first-order valence-corrected chi connectivity index (χ1v) is 7.98. The lowest BCUT2D eigenvalue weighted by Crippen LogP contribution is -2.39. The molecular formula is C16H36N2O2. The summed E-state index contributed by atoms with van der Waals surface area (Å²) in [5, 5.41) is 0. The summed E-state index contributed by atoms with van der Waals surface area (Å²) in [5.74, 6) is 1.48. The third-order valence-corrected chi connectivity index (χ3v) is 4.11. The zero-order chi connectivity index (χ0) is 15.4. The number of nitrogens with two attached hydrogens (primary N) is 1. The highest BCUT2D eigenvalue weighted by molar-refractivity contribution is 4.69. The number of methoxy groups -OCH3 is 2. The Morgan fingerprint density at radius 1 is 1.00 bits per heavy atom. The molecule has 0 aliphatic heterocycles. The van der Waals surface area contributed by atoms with Crippen molar-refractivity contribution in [2.24, 2.45) is 17.6 Å². The van der Waals surface area contributed by atoms with Gasteiger partial charge >= 0.3 is 0 Å². The van der Waals surface area contributed by atoms with E-state index in [9.17, 15) is 0 Å². The van der Waals surface area contributed by atoms with Crippen molar-refractivity contribution >= 4 is 0 Å². The molecule has 0 saturated heterocycles. The van der Waals surface area contributed by atoms with Crippen molar-refractivity contribution in [1.82, 2.24) is 4.90 Å². The van der Waals surface area contributed by atoms with Crippen molar-refractivity contribution in [3.8, 4) is 0 Å². The summed E-state index contributed by atoms with van der Waals surface area (Å²) in [5.41, 5.74) is 5.71. The molecule has 2 atom stereocenters. The quantitative estimate of drug-likeness (QED) is 0.565. The maximum Gasteiger partial charge on any atom is 0.0615 e. The van der Waals surface area contributed by atoms with E-state index in [2.05, 4.69) is 25.7 Å². The third kappa shape index (κ3) is 8.90. The second-order valence-electron chi connectivity index (χ2n) is 6.06. The molecule has 0 heterocycles. The van der Waals surface area contributed by atoms with Crippen LogP contribution in [0.4, 0.5) is 0 Å². The van der Waals surface area contributed by atoms with Crippen molar-refractivity contribution in [3.63, 3.8) is 0 Å². The molecule has 2 N–H and O–H groups in total. The number of rotatable bonds is 13. The van der Waals surface area contributed by atoms with Gasteiger partial charge < -0.3 is 15.2 Å². The van der Waals surface area contributed by atoms with Crippen LogP contribution in [0, 0.1) is 11.8 Å². The normalized spacial score (nSPS) is 15.0. The number of hydrogen-bond acceptors (Lipinski definition) is 4. The molecule has 0 amide bonds. The monoisotopic (exact) mass is 288 g/mol. The van der Waals surface area contributed by atoms with Crippen LogP contribution < -0.4 is 5.73 Å². The van der Waals surface area contributed by atoms with Gasteiger partial charge in [-0.2, -0.15) is 0 Å². The van der Waals surface area contributed by atoms with Gasteiger partial charge in [-0.05, 0) is 51.1 Å². The molecule has 0 radical (unpaired) electrons. The van der Waals surface area contributed by atoms with E-state index in [4.69, 9.17) is 15.2 Å². The van der Waals surface area contributed by atoms with Crippen LogP contribution in [0.1, 0.15) is 40.0 Å². The Balaban J connectivity index is 4.15. The molecule has 0 aromatic carbocycles. The summed E-state index contributed by atoms with van der Waals surface area (Å²) in [6.45, 7) is 11.3. The van der Waals surface area contributed by atoms with Gasteiger partial charge in [0, 0.05) is 26.8 Å². The van der Waals surface area contributed by atoms with Crippen LogP contribution in [0.5, 0.6) is 0 Å². The Hall–Kier alpha value is -0.160. The Bertz CT molecular complexity index is 213. The summed E-state index contributed by atoms with van der Waals surface area (Å²) >= 11 is 0. The number of nitrogens with zero attached hydrogens (tertiary/aromatic N) is 1. The van der Waals surface area contributed by atoms with Crippen molar-refractivity contribution in [2.45, 2.75) is 46.1 Å². The van der Waals surface area contributed by atoms with Crippen LogP contribution in [-0.4, -0.2) is 58.0 Å². The summed E-state index contributed by atoms with van der Waals surface area (Å²) in [7, 11) is 3.52. The van der Waals surface area contributed by atoms with Gasteiger partial charge in [-0.3, -0.25) is 4.90 Å². The van der Waals surface area contributed by atoms with Crippen LogP contribution in [0.25, 0.3) is 0 Å². The average molecular weight is 288 g/mol. The van der Waals surface area contributed by atoms with Crippen LogP contribution in [0.2, 0.25) is 0 Å². The van der Waals surface area contributed by atoms with Crippen molar-refractivity contribution < 1.29 is 9.47 Å². The Morgan fingerprint density at radius 2 is 1.70 bits per heavy atom. The first-order valence-electron chi connectivity index (χ1n) is 7.98. The van der Waals surface area contributed by atoms with Crippen LogP contribution in [0.15, 0.2) is 0 Å². The minimum Gasteiger partial charge on any atom is -0.383 e. The standard InChI is InChI=1S/C16H36N2O2/c1-14(2)16(8-9-17)7-6-10-18(11-12-19-4)15(3)13-20-5/h14-16H,6-13,17H2,1-5H3. The largest absolute Gasteiger partial charge is 0.383 e. The van der Waals surface area contributed by atoms with Crippen molar-refractivity contribution in [1.29, 1.82) is 0 Å². The fourth-order valence-corrected chi connectivity index (χ4v) is 2.69. The second-order valence-corrected chi connectivity index (χ2v) is 6.06. The zero-order valence-electron chi connectivity index (χ0n) is 14.2. The van der Waals surface area contributed by atoms with E-state index in [-0.39, 0.29) is 0 Å². The van der Waals surface area contributed by atoms with Gasteiger partial charge in [0.1, 0.15) is 0 Å². The maximum absolute atomic E-state index is 5.71. The van der Waals surface area contributed by atoms with Crippen LogP contribution in [-0.2, 0) is 9.47 Å². The van der Waals surface area contributed by atoms with Gasteiger partial charge in [-0.1, -0.05) is 13.8 Å². The lowest BCUT2D eigenvalue weighted by molar-refractivity contribution is 0.0726. The number of ether oxygens (including phenoxy) is 2. The highest BCUT2D eigenvalue weighted by Crippen LogP contribution is 2.20. The van der Waals surface area contributed by atoms with E-state index >= 15 is 0 Å². The molecule has 0 fully saturated rings. The van der Waals surface area contributed by atoms with E-state index < -0.39 is 0 Å². The predicted octanol–water partition coefficient (Wildman–Crippen LogP) is 2.37. The van der Waals surface area contributed by atoms with Crippen molar-refractivity contribution in [2.75, 3.05) is 47.1 Å². The highest BCUT2D eigenvalue weighted by Gasteiger charge is 2.16. The first kappa shape index (κ1) is 19.8. The molecule has 0 aliphatic rings. The molecule has 4 nitrogen and oxygen atoms in total. The molecule has 0 aromatic heterocycles. The van der Waals surface area contributed by atoms with Crippen LogP contribution in [0.3, 0.4) is 0 Å². The van der Waals surface area contributed by atoms with E-state index in [1.165, 1.54) is 12.8 Å². The molecule has 2 unspecified atom stereocenters. The second kappa shape index (κ2) is 12.6. The average Bonchev–Trinajstić information content (AvgIpc) is 2.41. The summed E-state index contributed by atoms with van der Waals surface area (Å²) in [6, 6.07) is 0.446. The Labute approximate surface area is 126 Å². The maximum atomic E-state index is 5.71. The molecule has 20 heavy (non-hydrogen) atoms. The van der Waals surface area contributed by atoms with Crippen LogP contribution >= 0.6 is 0 Å². The SMILES string of the molecule is COCCN(CCCC(CCN)C(C)C)C(C)COC. The summed E-state index contributed by atoms with van der Waals surface area (Å²) < 4.78 is 10.5. The van der Waals surface area contributed by atoms with Gasteiger partial charge in [0.25, 0.3) is 0 Å². The van der Waals surface area contributed by atoms with Gasteiger partial charge in [0.2, 0.25) is 0 Å². The van der Waals surface area contributed by atoms with Gasteiger partial charge in [0.05, 0.1) is 13.2 Å². The molecule has 122 valence electrons. The van der Waals surface area contributed by atoms with Gasteiger partial charge in [-0.25, -0.2) is 0 Å². The predicted molar refractivity (Wildman–Crippen MR) is 86.0 cm³/mol. The van der Waals surface area contributed by atoms with E-state index in [1.54, 1.807) is 14.2 Å². The van der Waals surface area contributed by atoms with Gasteiger partial charge in [-0.15, -0.1) is 0 Å². The topological polar surface area (TPSA) is 47.7 Å². The highest BCUT2D eigenvalue weighted by atomic mass is 16.5. The van der Waals surface area contributed by atoms with Gasteiger partial charge in [0.15, 0.2) is 0 Å². The molecule has 4 heteroatoms. The molecular weight excluding hydrogens is 252 g/mol. The molecule has 0 aromatic rings. The fraction of sp³-hybridized carbons (Fsp3) is 1.00. The van der Waals surface area contributed by atoms with E-state index in [1.807, 2.05) is 0 Å². The minimum atomic E-state index is 0.446. The lowest BCUT2D eigenvalue weighted by atomic mass is 9.88. The summed E-state index contributed by atoms with van der Waals surface area (Å²) in [6.07, 6.45) is 3.63. The Morgan fingerprint density at radius 3 is 2.20 bits per heavy atom. The molecule has 0 spiro atoms. The summed E-state index contributed by atoms with van der Waals surface area (Å²) in [4.78, 5) is 2.47. The smallest absolute Gasteiger partial charge is 0.0615 e. The molecule has 0 saturated carbocycles. The molecule has 0 bridgehead atoms. The first-order chi connectivity index (χ1) is 9.56. The van der Waals surface area contributed by atoms with Crippen molar-refractivity contribution in [3.05, 3.63) is 0 Å². The zero-order valence-corrected chi connectivity index (χ0v) is 14.2. The molecule has 0 aliphatic carbocycles. The van der Waals surface area contributed by atoms with E-state index in [0.29, 0.717) is 6.04 Å². The lowest BCUT2D eigenvalue weighted by Gasteiger charge is -2.29.